The van der Waals surface area contributed by atoms with Crippen LogP contribution in [0.15, 0.2) is 5.38 Å². The first kappa shape index (κ1) is 12.4. The molecule has 1 heterocycles. The predicted octanol–water partition coefficient (Wildman–Crippen LogP) is 3.02. The number of aromatic nitrogens is 1. The van der Waals surface area contributed by atoms with Crippen molar-refractivity contribution >= 4 is 16.5 Å². The Kier molecular flexibility index (Phi) is 3.57. The van der Waals surface area contributed by atoms with E-state index in [-0.39, 0.29) is 0 Å². The number of thiazole rings is 1. The van der Waals surface area contributed by atoms with E-state index in [1.807, 2.05) is 11.3 Å². The van der Waals surface area contributed by atoms with E-state index in [9.17, 15) is 0 Å². The maximum Gasteiger partial charge on any atom is 0.185 e. The molecular formula is C14H23N3S. The molecule has 3 nitrogen and oxygen atoms in total. The maximum atomic E-state index is 4.81. The van der Waals surface area contributed by atoms with Gasteiger partial charge in [-0.2, -0.15) is 0 Å². The van der Waals surface area contributed by atoms with Crippen LogP contribution in [0.25, 0.3) is 0 Å². The van der Waals surface area contributed by atoms with Crippen LogP contribution in [0.2, 0.25) is 0 Å². The molecular weight excluding hydrogens is 242 g/mol. The van der Waals surface area contributed by atoms with E-state index in [1.54, 1.807) is 0 Å². The highest BCUT2D eigenvalue weighted by Gasteiger charge is 2.35. The quantitative estimate of drug-likeness (QED) is 0.821. The number of nitrogens with zero attached hydrogens (tertiary/aromatic N) is 2. The lowest BCUT2D eigenvalue weighted by Gasteiger charge is -2.21. The van der Waals surface area contributed by atoms with Gasteiger partial charge in [-0.1, -0.05) is 13.8 Å². The van der Waals surface area contributed by atoms with Gasteiger partial charge >= 0.3 is 0 Å². The Morgan fingerprint density at radius 2 is 2.17 bits per heavy atom. The van der Waals surface area contributed by atoms with Crippen molar-refractivity contribution in [1.82, 2.24) is 10.3 Å². The SMILES string of the molecule is CC(C)NCc1csc(N(CC2CC2)C2CC2)n1. The monoisotopic (exact) mass is 265 g/mol. The lowest BCUT2D eigenvalue weighted by molar-refractivity contribution is 0.582. The fraction of sp³-hybridized carbons (Fsp3) is 0.786. The lowest BCUT2D eigenvalue weighted by atomic mass is 10.3. The van der Waals surface area contributed by atoms with Crippen LogP contribution >= 0.6 is 11.3 Å². The Balaban J connectivity index is 1.62. The van der Waals surface area contributed by atoms with Crippen molar-refractivity contribution in [3.63, 3.8) is 0 Å². The average molecular weight is 265 g/mol. The molecule has 2 fully saturated rings. The molecule has 0 aromatic carbocycles. The van der Waals surface area contributed by atoms with Gasteiger partial charge < -0.3 is 10.2 Å². The van der Waals surface area contributed by atoms with E-state index in [0.717, 1.165) is 18.5 Å². The molecule has 3 rings (SSSR count). The molecule has 0 aliphatic heterocycles. The topological polar surface area (TPSA) is 28.2 Å². The van der Waals surface area contributed by atoms with Crippen molar-refractivity contribution in [2.45, 2.75) is 58.2 Å². The molecule has 0 radical (unpaired) electrons. The summed E-state index contributed by atoms with van der Waals surface area (Å²) in [5, 5.41) is 6.91. The van der Waals surface area contributed by atoms with Crippen LogP contribution in [0.3, 0.4) is 0 Å². The molecule has 4 heteroatoms. The highest BCUT2D eigenvalue weighted by molar-refractivity contribution is 7.13. The third-order valence-corrected chi connectivity index (χ3v) is 4.54. The van der Waals surface area contributed by atoms with Gasteiger partial charge in [0.1, 0.15) is 0 Å². The van der Waals surface area contributed by atoms with Crippen LogP contribution in [-0.4, -0.2) is 23.6 Å². The zero-order chi connectivity index (χ0) is 12.5. The molecule has 0 atom stereocenters. The standard InChI is InChI=1S/C14H23N3S/c1-10(2)15-7-12-9-18-14(16-12)17(13-5-6-13)8-11-3-4-11/h9-11,13,15H,3-8H2,1-2H3. The van der Waals surface area contributed by atoms with Gasteiger partial charge in [-0.15, -0.1) is 11.3 Å². The van der Waals surface area contributed by atoms with E-state index in [1.165, 1.54) is 43.1 Å². The predicted molar refractivity (Wildman–Crippen MR) is 77.2 cm³/mol. The second kappa shape index (κ2) is 5.17. The summed E-state index contributed by atoms with van der Waals surface area (Å²) in [7, 11) is 0. The first-order valence-corrected chi connectivity index (χ1v) is 8.05. The molecule has 2 saturated carbocycles. The molecule has 0 bridgehead atoms. The zero-order valence-electron chi connectivity index (χ0n) is 11.4. The fourth-order valence-electron chi connectivity index (χ4n) is 2.17. The number of anilines is 1. The van der Waals surface area contributed by atoms with Crippen molar-refractivity contribution in [3.8, 4) is 0 Å². The van der Waals surface area contributed by atoms with Crippen LogP contribution in [0.5, 0.6) is 0 Å². The average Bonchev–Trinajstić information content (AvgIpc) is 3.23. The molecule has 1 aromatic rings. The number of hydrogen-bond acceptors (Lipinski definition) is 4. The van der Waals surface area contributed by atoms with Gasteiger partial charge in [0.15, 0.2) is 5.13 Å². The van der Waals surface area contributed by atoms with E-state index in [0.29, 0.717) is 6.04 Å². The Morgan fingerprint density at radius 3 is 2.78 bits per heavy atom. The number of nitrogens with one attached hydrogen (secondary N) is 1. The summed E-state index contributed by atoms with van der Waals surface area (Å²) in [5.74, 6) is 0.951. The van der Waals surface area contributed by atoms with E-state index < -0.39 is 0 Å². The van der Waals surface area contributed by atoms with Crippen molar-refractivity contribution in [2.24, 2.45) is 5.92 Å². The van der Waals surface area contributed by atoms with Gasteiger partial charge in [0, 0.05) is 30.6 Å². The molecule has 1 aromatic heterocycles. The third-order valence-electron chi connectivity index (χ3n) is 3.62. The zero-order valence-corrected chi connectivity index (χ0v) is 12.2. The van der Waals surface area contributed by atoms with Gasteiger partial charge in [-0.3, -0.25) is 0 Å². The highest BCUT2D eigenvalue weighted by atomic mass is 32.1. The molecule has 2 aliphatic rings. The molecule has 0 unspecified atom stereocenters. The van der Waals surface area contributed by atoms with Crippen molar-refractivity contribution < 1.29 is 0 Å². The summed E-state index contributed by atoms with van der Waals surface area (Å²) in [4.78, 5) is 7.38. The van der Waals surface area contributed by atoms with Gasteiger partial charge in [0.2, 0.25) is 0 Å². The Morgan fingerprint density at radius 1 is 1.39 bits per heavy atom. The van der Waals surface area contributed by atoms with Crippen LogP contribution in [0.4, 0.5) is 5.13 Å². The molecule has 0 saturated heterocycles. The summed E-state index contributed by atoms with van der Waals surface area (Å²) in [5.41, 5.74) is 1.20. The fourth-order valence-corrected chi connectivity index (χ4v) is 3.07. The molecule has 18 heavy (non-hydrogen) atoms. The second-order valence-corrected chi connectivity index (χ2v) is 6.82. The van der Waals surface area contributed by atoms with Gasteiger partial charge in [0.25, 0.3) is 0 Å². The number of hydrogen-bond donors (Lipinski definition) is 1. The summed E-state index contributed by atoms with van der Waals surface area (Å²) < 4.78 is 0. The molecule has 1 N–H and O–H groups in total. The molecule has 100 valence electrons. The molecule has 2 aliphatic carbocycles. The molecule has 0 amide bonds. The van der Waals surface area contributed by atoms with Crippen LogP contribution in [0, 0.1) is 5.92 Å². The molecule has 0 spiro atoms. The maximum absolute atomic E-state index is 4.81. The van der Waals surface area contributed by atoms with Crippen LogP contribution < -0.4 is 10.2 Å². The largest absolute Gasteiger partial charge is 0.345 e. The Bertz CT molecular complexity index is 393. The Labute approximate surface area is 114 Å². The van der Waals surface area contributed by atoms with Crippen molar-refractivity contribution in [1.29, 1.82) is 0 Å². The van der Waals surface area contributed by atoms with E-state index in [4.69, 9.17) is 4.98 Å². The Hall–Kier alpha value is -0.610. The van der Waals surface area contributed by atoms with Crippen molar-refractivity contribution in [3.05, 3.63) is 11.1 Å². The van der Waals surface area contributed by atoms with Crippen LogP contribution in [0.1, 0.15) is 45.2 Å². The van der Waals surface area contributed by atoms with Crippen LogP contribution in [-0.2, 0) is 6.54 Å². The van der Waals surface area contributed by atoms with Gasteiger partial charge in [-0.05, 0) is 31.6 Å². The smallest absolute Gasteiger partial charge is 0.185 e. The van der Waals surface area contributed by atoms with Gasteiger partial charge in [-0.25, -0.2) is 4.98 Å². The second-order valence-electron chi connectivity index (χ2n) is 5.98. The van der Waals surface area contributed by atoms with E-state index >= 15 is 0 Å². The summed E-state index contributed by atoms with van der Waals surface area (Å²) in [6.07, 6.45) is 5.59. The summed E-state index contributed by atoms with van der Waals surface area (Å²) in [6.45, 7) is 6.50. The minimum Gasteiger partial charge on any atom is -0.345 e. The van der Waals surface area contributed by atoms with Crippen molar-refractivity contribution in [2.75, 3.05) is 11.4 Å². The van der Waals surface area contributed by atoms with Gasteiger partial charge in [0.05, 0.1) is 5.69 Å². The minimum absolute atomic E-state index is 0.529. The minimum atomic E-state index is 0.529. The summed E-state index contributed by atoms with van der Waals surface area (Å²) >= 11 is 1.82. The highest BCUT2D eigenvalue weighted by Crippen LogP contribution is 2.38. The van der Waals surface area contributed by atoms with E-state index in [2.05, 4.69) is 29.4 Å². The first-order valence-electron chi connectivity index (χ1n) is 7.17. The third kappa shape index (κ3) is 3.23. The lowest BCUT2D eigenvalue weighted by Crippen LogP contribution is -2.28. The normalized spacial score (nSPS) is 19.5. The summed E-state index contributed by atoms with van der Waals surface area (Å²) in [6, 6.07) is 1.32. The first-order chi connectivity index (χ1) is 8.72. The number of rotatable bonds is 7.